The molecule has 2 atom stereocenters. The first-order valence-electron chi connectivity index (χ1n) is 13.7. The predicted octanol–water partition coefficient (Wildman–Crippen LogP) is 6.47. The Labute approximate surface area is 225 Å². The lowest BCUT2D eigenvalue weighted by Crippen LogP contribution is -2.29. The molecule has 3 rings (SSSR count). The Hall–Kier alpha value is -3.35. The van der Waals surface area contributed by atoms with E-state index in [1.54, 1.807) is 18.2 Å². The smallest absolute Gasteiger partial charge is 0.339 e. The summed E-state index contributed by atoms with van der Waals surface area (Å²) in [5, 5.41) is 0. The van der Waals surface area contributed by atoms with Crippen molar-refractivity contribution in [2.45, 2.75) is 96.2 Å². The first-order valence-corrected chi connectivity index (χ1v) is 13.7. The second-order valence-electron chi connectivity index (χ2n) is 9.91. The zero-order valence-corrected chi connectivity index (χ0v) is 22.7. The standard InChI is InChI=1S/C31H40O7/c1-4-5-6-7-8-9-10-27(28-21-22(2)30(33)38-28)36-25-18-14-24(15-19-25)31(34)37-26-16-11-23(12-17-26)13-20-29(32)35-3/h11,13-14,16,18,20,27-28H,2,4-10,12,15,17,19,21H2,1,3H3/b20-13+. The van der Waals surface area contributed by atoms with Crippen LogP contribution >= 0.6 is 0 Å². The van der Waals surface area contributed by atoms with E-state index in [0.29, 0.717) is 49.0 Å². The van der Waals surface area contributed by atoms with Gasteiger partial charge in [0.2, 0.25) is 0 Å². The molecule has 2 aliphatic carbocycles. The van der Waals surface area contributed by atoms with Crippen molar-refractivity contribution in [3.8, 4) is 0 Å². The number of unbranched alkanes of at least 4 members (excludes halogenated alkanes) is 5. The van der Waals surface area contributed by atoms with Gasteiger partial charge in [0, 0.05) is 36.5 Å². The number of allylic oxidation sites excluding steroid dienone is 8. The molecule has 2 unspecified atom stereocenters. The van der Waals surface area contributed by atoms with Crippen molar-refractivity contribution in [1.29, 1.82) is 0 Å². The molecule has 0 aromatic heterocycles. The van der Waals surface area contributed by atoms with Crippen LogP contribution in [0.2, 0.25) is 0 Å². The quantitative estimate of drug-likeness (QED) is 0.111. The van der Waals surface area contributed by atoms with Crippen LogP contribution in [-0.4, -0.2) is 37.2 Å². The Morgan fingerprint density at radius 2 is 1.76 bits per heavy atom. The van der Waals surface area contributed by atoms with Gasteiger partial charge in [-0.2, -0.15) is 0 Å². The summed E-state index contributed by atoms with van der Waals surface area (Å²) in [5.74, 6) is 0.272. The van der Waals surface area contributed by atoms with E-state index in [4.69, 9.17) is 14.2 Å². The average molecular weight is 525 g/mol. The van der Waals surface area contributed by atoms with E-state index in [0.717, 1.165) is 30.6 Å². The van der Waals surface area contributed by atoms with Crippen molar-refractivity contribution in [2.24, 2.45) is 0 Å². The summed E-state index contributed by atoms with van der Waals surface area (Å²) in [6, 6.07) is 0. The Bertz CT molecular complexity index is 1020. The molecule has 7 nitrogen and oxygen atoms in total. The first kappa shape index (κ1) is 29.2. The Balaban J connectivity index is 1.54. The highest BCUT2D eigenvalue weighted by Gasteiger charge is 2.35. The summed E-state index contributed by atoms with van der Waals surface area (Å²) in [4.78, 5) is 35.9. The summed E-state index contributed by atoms with van der Waals surface area (Å²) < 4.78 is 22.1. The molecule has 1 aliphatic heterocycles. The molecule has 206 valence electrons. The normalized spacial score (nSPS) is 20.2. The van der Waals surface area contributed by atoms with Gasteiger partial charge in [0.25, 0.3) is 0 Å². The van der Waals surface area contributed by atoms with Crippen LogP contribution in [-0.2, 0) is 33.3 Å². The topological polar surface area (TPSA) is 88.1 Å². The van der Waals surface area contributed by atoms with Crippen molar-refractivity contribution >= 4 is 17.9 Å². The van der Waals surface area contributed by atoms with Crippen LogP contribution in [0.1, 0.15) is 84.0 Å². The number of methoxy groups -OCH3 is 1. The van der Waals surface area contributed by atoms with Crippen LogP contribution in [0.5, 0.6) is 0 Å². The summed E-state index contributed by atoms with van der Waals surface area (Å²) in [6.07, 6.45) is 20.4. The molecule has 1 heterocycles. The molecule has 7 heteroatoms. The second-order valence-corrected chi connectivity index (χ2v) is 9.91. The number of carbonyl (C=O) groups is 3. The summed E-state index contributed by atoms with van der Waals surface area (Å²) in [7, 11) is 1.34. The number of carbonyl (C=O) groups excluding carboxylic acids is 3. The van der Waals surface area contributed by atoms with Crippen molar-refractivity contribution < 1.29 is 33.3 Å². The zero-order valence-electron chi connectivity index (χ0n) is 22.7. The minimum atomic E-state index is -0.406. The minimum absolute atomic E-state index is 0.223. The zero-order chi connectivity index (χ0) is 27.3. The van der Waals surface area contributed by atoms with E-state index >= 15 is 0 Å². The van der Waals surface area contributed by atoms with E-state index in [-0.39, 0.29) is 24.1 Å². The summed E-state index contributed by atoms with van der Waals surface area (Å²) in [5.41, 5.74) is 2.04. The SMILES string of the molecule is C=C1CC(C(CCCCCCCC)OC2=CC=C(C(=O)OC3=CC=C(/C=C/C(=O)OC)CC3)CC2)OC1=O. The van der Waals surface area contributed by atoms with Gasteiger partial charge in [-0.1, -0.05) is 57.8 Å². The van der Waals surface area contributed by atoms with Gasteiger partial charge < -0.3 is 18.9 Å². The maximum absolute atomic E-state index is 12.7. The van der Waals surface area contributed by atoms with Crippen LogP contribution in [0.3, 0.4) is 0 Å². The van der Waals surface area contributed by atoms with Crippen LogP contribution in [0.4, 0.5) is 0 Å². The van der Waals surface area contributed by atoms with E-state index in [1.807, 2.05) is 12.2 Å². The minimum Gasteiger partial charge on any atom is -0.491 e. The maximum Gasteiger partial charge on any atom is 0.339 e. The summed E-state index contributed by atoms with van der Waals surface area (Å²) >= 11 is 0. The van der Waals surface area contributed by atoms with Gasteiger partial charge in [0.1, 0.15) is 18.0 Å². The van der Waals surface area contributed by atoms with Gasteiger partial charge in [0.15, 0.2) is 0 Å². The van der Waals surface area contributed by atoms with Gasteiger partial charge in [-0.05, 0) is 49.5 Å². The average Bonchev–Trinajstić information content (AvgIpc) is 3.27. The van der Waals surface area contributed by atoms with Crippen molar-refractivity contribution in [1.82, 2.24) is 0 Å². The predicted molar refractivity (Wildman–Crippen MR) is 145 cm³/mol. The molecule has 38 heavy (non-hydrogen) atoms. The number of ether oxygens (including phenoxy) is 4. The van der Waals surface area contributed by atoms with Crippen LogP contribution < -0.4 is 0 Å². The fourth-order valence-electron chi connectivity index (χ4n) is 4.61. The molecule has 0 radical (unpaired) electrons. The molecule has 3 aliphatic rings. The Morgan fingerprint density at radius 3 is 2.39 bits per heavy atom. The molecule has 0 spiro atoms. The number of rotatable bonds is 14. The van der Waals surface area contributed by atoms with E-state index in [1.165, 1.54) is 38.9 Å². The third kappa shape index (κ3) is 9.19. The number of hydrogen-bond donors (Lipinski definition) is 0. The lowest BCUT2D eigenvalue weighted by molar-refractivity contribution is -0.144. The number of hydrogen-bond acceptors (Lipinski definition) is 7. The van der Waals surface area contributed by atoms with Crippen molar-refractivity contribution in [2.75, 3.05) is 7.11 Å². The molecular formula is C31H40O7. The largest absolute Gasteiger partial charge is 0.491 e. The molecule has 0 N–H and O–H groups in total. The fourth-order valence-corrected chi connectivity index (χ4v) is 4.61. The molecule has 0 amide bonds. The summed E-state index contributed by atoms with van der Waals surface area (Å²) in [6.45, 7) is 6.02. The highest BCUT2D eigenvalue weighted by atomic mass is 16.6. The molecular weight excluding hydrogens is 484 g/mol. The Morgan fingerprint density at radius 1 is 1.03 bits per heavy atom. The number of cyclic esters (lactones) is 1. The van der Waals surface area contributed by atoms with Gasteiger partial charge in [0.05, 0.1) is 12.9 Å². The molecule has 0 aromatic rings. The molecule has 1 fully saturated rings. The number of esters is 3. The third-order valence-corrected chi connectivity index (χ3v) is 6.93. The monoisotopic (exact) mass is 524 g/mol. The van der Waals surface area contributed by atoms with E-state index < -0.39 is 5.97 Å². The van der Waals surface area contributed by atoms with Crippen LogP contribution in [0.15, 0.2) is 71.3 Å². The third-order valence-electron chi connectivity index (χ3n) is 6.93. The Kier molecular flexibility index (Phi) is 11.7. The maximum atomic E-state index is 12.7. The molecule has 0 aromatic carbocycles. The van der Waals surface area contributed by atoms with Crippen LogP contribution in [0.25, 0.3) is 0 Å². The lowest BCUT2D eigenvalue weighted by atomic mass is 10.00. The van der Waals surface area contributed by atoms with E-state index in [9.17, 15) is 14.4 Å². The first-order chi connectivity index (χ1) is 18.4. The highest BCUT2D eigenvalue weighted by molar-refractivity contribution is 5.90. The molecule has 1 saturated heterocycles. The van der Waals surface area contributed by atoms with Gasteiger partial charge in [-0.15, -0.1) is 0 Å². The highest BCUT2D eigenvalue weighted by Crippen LogP contribution is 2.30. The van der Waals surface area contributed by atoms with Crippen LogP contribution in [0, 0.1) is 0 Å². The molecule has 0 bridgehead atoms. The fraction of sp³-hybridized carbons (Fsp3) is 0.516. The van der Waals surface area contributed by atoms with Crippen molar-refractivity contribution in [3.05, 3.63) is 71.3 Å². The van der Waals surface area contributed by atoms with Gasteiger partial charge >= 0.3 is 17.9 Å². The van der Waals surface area contributed by atoms with Gasteiger partial charge in [-0.25, -0.2) is 14.4 Å². The van der Waals surface area contributed by atoms with Crippen molar-refractivity contribution in [3.63, 3.8) is 0 Å². The second kappa shape index (κ2) is 15.2. The van der Waals surface area contributed by atoms with Gasteiger partial charge in [-0.3, -0.25) is 0 Å². The lowest BCUT2D eigenvalue weighted by Gasteiger charge is -2.26. The van der Waals surface area contributed by atoms with E-state index in [2.05, 4.69) is 18.2 Å². The molecule has 0 saturated carbocycles.